The van der Waals surface area contributed by atoms with Crippen LogP contribution in [0.3, 0.4) is 0 Å². The van der Waals surface area contributed by atoms with Crippen LogP contribution in [0.2, 0.25) is 0 Å². The lowest BCUT2D eigenvalue weighted by Crippen LogP contribution is -2.11. The summed E-state index contributed by atoms with van der Waals surface area (Å²) in [5.74, 6) is 1.01. The van der Waals surface area contributed by atoms with E-state index in [9.17, 15) is 0 Å². The number of aliphatic hydroxyl groups is 1. The Morgan fingerprint density at radius 2 is 2.18 bits per heavy atom. The fraction of sp³-hybridized carbons (Fsp3) is 0.857. The molecule has 0 aliphatic rings. The summed E-state index contributed by atoms with van der Waals surface area (Å²) in [5.41, 5.74) is 0. The third-order valence-corrected chi connectivity index (χ3v) is 2.32. The fourth-order valence-corrected chi connectivity index (χ4v) is 1.46. The normalized spacial score (nSPS) is 9.55. The Hall–Kier alpha value is 0.0400. The molecule has 2 nitrogen and oxygen atoms in total. The highest BCUT2D eigenvalue weighted by Gasteiger charge is 1.90. The van der Waals surface area contributed by atoms with E-state index in [1.807, 2.05) is 0 Å². The van der Waals surface area contributed by atoms with Gasteiger partial charge in [0.2, 0.25) is 0 Å². The van der Waals surface area contributed by atoms with E-state index in [0.29, 0.717) is 0 Å². The molecular weight excluding hydrogens is 178 g/mol. The highest BCUT2D eigenvalue weighted by Crippen LogP contribution is 2.03. The first-order chi connectivity index (χ1) is 5.27. The molecular formula is C7H15NOS2. The second-order valence-electron chi connectivity index (χ2n) is 2.32. The molecule has 2 N–H and O–H groups in total. The van der Waals surface area contributed by atoms with E-state index in [1.165, 1.54) is 37.6 Å². The van der Waals surface area contributed by atoms with Gasteiger partial charge in [-0.25, -0.2) is 0 Å². The fourth-order valence-electron chi connectivity index (χ4n) is 0.714. The van der Waals surface area contributed by atoms with Crippen LogP contribution in [0, 0.1) is 0 Å². The van der Waals surface area contributed by atoms with Gasteiger partial charge >= 0.3 is 0 Å². The van der Waals surface area contributed by atoms with Gasteiger partial charge in [-0.15, -0.1) is 0 Å². The first kappa shape index (κ1) is 11.0. The van der Waals surface area contributed by atoms with Gasteiger partial charge in [-0.3, -0.25) is 4.72 Å². The second kappa shape index (κ2) is 8.14. The number of rotatable bonds is 6. The number of aliphatic hydroxyl groups excluding tert-OH is 1. The predicted octanol–water partition coefficient (Wildman–Crippen LogP) is 2.65. The van der Waals surface area contributed by atoms with Gasteiger partial charge in [-0.1, -0.05) is 26.2 Å². The van der Waals surface area contributed by atoms with Crippen LogP contribution in [0.25, 0.3) is 0 Å². The molecule has 0 aliphatic carbocycles. The lowest BCUT2D eigenvalue weighted by molar-refractivity contribution is 0.554. The lowest BCUT2D eigenvalue weighted by atomic mass is 10.2. The van der Waals surface area contributed by atoms with E-state index >= 15 is 0 Å². The van der Waals surface area contributed by atoms with E-state index in [0.717, 1.165) is 5.75 Å². The molecule has 0 aromatic rings. The summed E-state index contributed by atoms with van der Waals surface area (Å²) >= 11 is 5.89. The topological polar surface area (TPSA) is 32.3 Å². The van der Waals surface area contributed by atoms with E-state index in [-0.39, 0.29) is 5.17 Å². The molecule has 0 saturated carbocycles. The number of hydrogen-bond donors (Lipinski definition) is 2. The van der Waals surface area contributed by atoms with Gasteiger partial charge in [0.1, 0.15) is 0 Å². The van der Waals surface area contributed by atoms with Gasteiger partial charge in [-0.2, -0.15) is 0 Å². The highest BCUT2D eigenvalue weighted by molar-refractivity contribution is 7.98. The molecule has 0 radical (unpaired) electrons. The molecule has 0 aliphatic heterocycles. The molecule has 4 heteroatoms. The summed E-state index contributed by atoms with van der Waals surface area (Å²) in [6.45, 7) is 2.19. The smallest absolute Gasteiger partial charge is 0.264 e. The number of nitrogens with one attached hydrogen (secondary N) is 1. The first-order valence-corrected chi connectivity index (χ1v) is 5.27. The molecule has 0 rings (SSSR count). The third-order valence-electron chi connectivity index (χ3n) is 1.26. The largest absolute Gasteiger partial charge is 0.486 e. The zero-order valence-electron chi connectivity index (χ0n) is 6.80. The van der Waals surface area contributed by atoms with Crippen LogP contribution in [-0.4, -0.2) is 16.0 Å². The molecule has 0 heterocycles. The average molecular weight is 193 g/mol. The molecule has 11 heavy (non-hydrogen) atoms. The maximum Gasteiger partial charge on any atom is 0.264 e. The van der Waals surface area contributed by atoms with Crippen molar-refractivity contribution in [3.8, 4) is 0 Å². The van der Waals surface area contributed by atoms with Crippen LogP contribution in [0.4, 0.5) is 0 Å². The van der Waals surface area contributed by atoms with Crippen molar-refractivity contribution in [1.82, 2.24) is 4.72 Å². The average Bonchev–Trinajstić information content (AvgIpc) is 1.96. The summed E-state index contributed by atoms with van der Waals surface area (Å²) in [5, 5.41) is 8.43. The third kappa shape index (κ3) is 10.0. The quantitative estimate of drug-likeness (QED) is 0.386. The summed E-state index contributed by atoms with van der Waals surface area (Å²) in [7, 11) is 0. The molecule has 0 unspecified atom stereocenters. The van der Waals surface area contributed by atoms with Crippen LogP contribution < -0.4 is 4.72 Å². The standard InChI is InChI=1S/C7H15NOS2/c1-2-3-4-5-6-11-8-7(9)10/h2-6H2,1H3,(H2,8,9,10). The van der Waals surface area contributed by atoms with Crippen LogP contribution in [0.1, 0.15) is 32.6 Å². The zero-order valence-corrected chi connectivity index (χ0v) is 8.43. The van der Waals surface area contributed by atoms with Crippen molar-refractivity contribution in [2.24, 2.45) is 0 Å². The van der Waals surface area contributed by atoms with Crippen LogP contribution >= 0.6 is 24.2 Å². The SMILES string of the molecule is CCCCCCSNC(O)=S. The Morgan fingerprint density at radius 3 is 2.73 bits per heavy atom. The maximum absolute atomic E-state index is 8.55. The first-order valence-electron chi connectivity index (χ1n) is 3.88. The Balaban J connectivity index is 2.85. The maximum atomic E-state index is 8.55. The molecule has 0 fully saturated rings. The second-order valence-corrected chi connectivity index (χ2v) is 3.60. The van der Waals surface area contributed by atoms with Crippen molar-refractivity contribution >= 4 is 29.3 Å². The van der Waals surface area contributed by atoms with Crippen molar-refractivity contribution in [2.75, 3.05) is 5.75 Å². The number of thiocarbonyl (C=S) groups is 1. The molecule has 0 amide bonds. The van der Waals surface area contributed by atoms with Gasteiger partial charge in [0.25, 0.3) is 5.17 Å². The minimum Gasteiger partial charge on any atom is -0.486 e. The highest BCUT2D eigenvalue weighted by atomic mass is 32.2. The Labute approximate surface area is 77.9 Å². The van der Waals surface area contributed by atoms with Gasteiger partial charge in [-0.05, 0) is 30.6 Å². The molecule has 0 bridgehead atoms. The van der Waals surface area contributed by atoms with Gasteiger partial charge in [0.05, 0.1) is 0 Å². The molecule has 66 valence electrons. The van der Waals surface area contributed by atoms with Gasteiger partial charge in [0.15, 0.2) is 0 Å². The summed E-state index contributed by atoms with van der Waals surface area (Å²) in [4.78, 5) is 0. The van der Waals surface area contributed by atoms with Crippen molar-refractivity contribution in [2.45, 2.75) is 32.6 Å². The number of hydrogen-bond acceptors (Lipinski definition) is 2. The molecule has 0 aromatic heterocycles. The molecule has 0 atom stereocenters. The van der Waals surface area contributed by atoms with Gasteiger partial charge < -0.3 is 5.11 Å². The predicted molar refractivity (Wildman–Crippen MR) is 55.0 cm³/mol. The van der Waals surface area contributed by atoms with E-state index in [1.54, 1.807) is 0 Å². The van der Waals surface area contributed by atoms with Gasteiger partial charge in [0, 0.05) is 5.75 Å². The number of unbranched alkanes of at least 4 members (excludes halogenated alkanes) is 3. The van der Waals surface area contributed by atoms with Crippen LogP contribution in [0.5, 0.6) is 0 Å². The minimum absolute atomic E-state index is 0.120. The summed E-state index contributed by atoms with van der Waals surface area (Å²) in [6.07, 6.45) is 5.01. The van der Waals surface area contributed by atoms with Crippen molar-refractivity contribution < 1.29 is 5.11 Å². The molecule has 0 saturated heterocycles. The van der Waals surface area contributed by atoms with Crippen molar-refractivity contribution in [3.63, 3.8) is 0 Å². The van der Waals surface area contributed by atoms with Crippen LogP contribution in [0.15, 0.2) is 0 Å². The molecule has 0 aromatic carbocycles. The van der Waals surface area contributed by atoms with E-state index in [4.69, 9.17) is 5.11 Å². The Morgan fingerprint density at radius 1 is 1.45 bits per heavy atom. The summed E-state index contributed by atoms with van der Waals surface area (Å²) < 4.78 is 2.63. The van der Waals surface area contributed by atoms with E-state index in [2.05, 4.69) is 23.9 Å². The Bertz CT molecular complexity index is 109. The Kier molecular flexibility index (Phi) is 8.17. The zero-order chi connectivity index (χ0) is 8.53. The van der Waals surface area contributed by atoms with Crippen molar-refractivity contribution in [3.05, 3.63) is 0 Å². The lowest BCUT2D eigenvalue weighted by Gasteiger charge is -2.00. The summed E-state index contributed by atoms with van der Waals surface area (Å²) in [6, 6.07) is 0. The molecule has 0 spiro atoms. The van der Waals surface area contributed by atoms with E-state index < -0.39 is 0 Å². The minimum atomic E-state index is -0.120. The monoisotopic (exact) mass is 193 g/mol. The van der Waals surface area contributed by atoms with Crippen LogP contribution in [-0.2, 0) is 0 Å². The van der Waals surface area contributed by atoms with Crippen molar-refractivity contribution in [1.29, 1.82) is 0 Å².